The summed E-state index contributed by atoms with van der Waals surface area (Å²) in [4.78, 5) is 10.9. The second-order valence-electron chi connectivity index (χ2n) is 6.57. The first-order chi connectivity index (χ1) is 13.3. The largest absolute Gasteiger partial charge is 0.457 e. The Morgan fingerprint density at radius 2 is 1.56 bits per heavy atom. The number of anilines is 4. The van der Waals surface area contributed by atoms with Crippen molar-refractivity contribution in [1.82, 2.24) is 9.97 Å². The number of nitrogen functional groups attached to an aromatic ring is 1. The molecule has 0 spiro atoms. The van der Waals surface area contributed by atoms with E-state index in [4.69, 9.17) is 10.5 Å². The normalized spacial score (nSPS) is 14.0. The van der Waals surface area contributed by atoms with Crippen LogP contribution in [0.3, 0.4) is 0 Å². The Kier molecular flexibility index (Phi) is 5.05. The third kappa shape index (κ3) is 4.11. The Bertz CT molecular complexity index is 877. The molecule has 138 valence electrons. The Morgan fingerprint density at radius 3 is 2.30 bits per heavy atom. The van der Waals surface area contributed by atoms with E-state index in [1.54, 1.807) is 6.33 Å². The van der Waals surface area contributed by atoms with Crippen LogP contribution in [0.1, 0.15) is 19.3 Å². The van der Waals surface area contributed by atoms with E-state index >= 15 is 0 Å². The number of hydrogen-bond donors (Lipinski definition) is 2. The van der Waals surface area contributed by atoms with Gasteiger partial charge in [0.05, 0.1) is 0 Å². The summed E-state index contributed by atoms with van der Waals surface area (Å²) in [6, 6.07) is 17.4. The van der Waals surface area contributed by atoms with Crippen LogP contribution in [0.4, 0.5) is 23.0 Å². The standard InChI is InChI=1S/C21H23N5O/c22-19-20(23-15-24-21(19)26-13-5-2-6-14-26)25-16-9-11-18(12-10-16)27-17-7-3-1-4-8-17/h1,3-4,7-12,15H,2,5-6,13-14,22H2,(H,23,24,25). The molecule has 0 bridgehead atoms. The quantitative estimate of drug-likeness (QED) is 0.692. The molecule has 0 amide bonds. The van der Waals surface area contributed by atoms with E-state index in [-0.39, 0.29) is 0 Å². The van der Waals surface area contributed by atoms with Gasteiger partial charge in [0.15, 0.2) is 11.6 Å². The zero-order valence-corrected chi connectivity index (χ0v) is 15.1. The predicted octanol–water partition coefficient (Wildman–Crippen LogP) is 4.59. The highest BCUT2D eigenvalue weighted by atomic mass is 16.5. The van der Waals surface area contributed by atoms with Gasteiger partial charge in [-0.1, -0.05) is 18.2 Å². The summed E-state index contributed by atoms with van der Waals surface area (Å²) in [6.07, 6.45) is 5.18. The fraction of sp³-hybridized carbons (Fsp3) is 0.238. The third-order valence-electron chi connectivity index (χ3n) is 4.61. The van der Waals surface area contributed by atoms with Gasteiger partial charge >= 0.3 is 0 Å². The van der Waals surface area contributed by atoms with E-state index in [1.165, 1.54) is 19.3 Å². The minimum atomic E-state index is 0.587. The number of nitrogens with zero attached hydrogens (tertiary/aromatic N) is 3. The van der Waals surface area contributed by atoms with Gasteiger partial charge in [0.1, 0.15) is 23.5 Å². The van der Waals surface area contributed by atoms with Gasteiger partial charge < -0.3 is 20.7 Å². The zero-order chi connectivity index (χ0) is 18.5. The molecule has 1 fully saturated rings. The fourth-order valence-corrected chi connectivity index (χ4v) is 3.21. The molecule has 2 heterocycles. The van der Waals surface area contributed by atoms with Gasteiger partial charge in [-0.3, -0.25) is 0 Å². The molecule has 3 aromatic rings. The molecule has 0 saturated carbocycles. The highest BCUT2D eigenvalue weighted by Gasteiger charge is 2.17. The van der Waals surface area contributed by atoms with Crippen molar-refractivity contribution in [3.05, 3.63) is 60.9 Å². The van der Waals surface area contributed by atoms with Crippen LogP contribution < -0.4 is 20.7 Å². The number of para-hydroxylation sites is 1. The van der Waals surface area contributed by atoms with E-state index in [0.717, 1.165) is 36.1 Å². The van der Waals surface area contributed by atoms with Gasteiger partial charge in [-0.2, -0.15) is 0 Å². The van der Waals surface area contributed by atoms with Crippen molar-refractivity contribution in [2.24, 2.45) is 0 Å². The van der Waals surface area contributed by atoms with Crippen LogP contribution in [0.2, 0.25) is 0 Å². The van der Waals surface area contributed by atoms with E-state index in [0.29, 0.717) is 11.5 Å². The summed E-state index contributed by atoms with van der Waals surface area (Å²) in [7, 11) is 0. The van der Waals surface area contributed by atoms with Crippen LogP contribution in [0.5, 0.6) is 11.5 Å². The number of benzene rings is 2. The van der Waals surface area contributed by atoms with E-state index in [1.807, 2.05) is 54.6 Å². The van der Waals surface area contributed by atoms with E-state index in [9.17, 15) is 0 Å². The van der Waals surface area contributed by atoms with Gasteiger partial charge in [0, 0.05) is 18.8 Å². The van der Waals surface area contributed by atoms with Crippen molar-refractivity contribution in [3.63, 3.8) is 0 Å². The number of piperidine rings is 1. The third-order valence-corrected chi connectivity index (χ3v) is 4.61. The number of nitrogens with one attached hydrogen (secondary N) is 1. The average molecular weight is 361 g/mol. The molecular weight excluding hydrogens is 338 g/mol. The SMILES string of the molecule is Nc1c(Nc2ccc(Oc3ccccc3)cc2)ncnc1N1CCCCC1. The van der Waals surface area contributed by atoms with Crippen molar-refractivity contribution in [2.45, 2.75) is 19.3 Å². The predicted molar refractivity (Wildman–Crippen MR) is 109 cm³/mol. The number of ether oxygens (including phenoxy) is 1. The lowest BCUT2D eigenvalue weighted by Crippen LogP contribution is -2.31. The maximum atomic E-state index is 6.34. The van der Waals surface area contributed by atoms with Crippen molar-refractivity contribution >= 4 is 23.0 Å². The van der Waals surface area contributed by atoms with Crippen molar-refractivity contribution in [3.8, 4) is 11.5 Å². The molecule has 1 aliphatic heterocycles. The lowest BCUT2D eigenvalue weighted by atomic mass is 10.1. The summed E-state index contributed by atoms with van der Waals surface area (Å²) in [5.41, 5.74) is 7.82. The average Bonchev–Trinajstić information content (AvgIpc) is 2.72. The molecule has 0 unspecified atom stereocenters. The van der Waals surface area contributed by atoms with Gasteiger partial charge in [-0.15, -0.1) is 0 Å². The zero-order valence-electron chi connectivity index (χ0n) is 15.1. The molecule has 3 N–H and O–H groups in total. The van der Waals surface area contributed by atoms with Crippen molar-refractivity contribution < 1.29 is 4.74 Å². The van der Waals surface area contributed by atoms with E-state index in [2.05, 4.69) is 20.2 Å². The summed E-state index contributed by atoms with van der Waals surface area (Å²) < 4.78 is 5.82. The molecule has 4 rings (SSSR count). The minimum absolute atomic E-state index is 0.587. The molecule has 27 heavy (non-hydrogen) atoms. The van der Waals surface area contributed by atoms with Crippen LogP contribution in [0.15, 0.2) is 60.9 Å². The maximum Gasteiger partial charge on any atom is 0.159 e. The Morgan fingerprint density at radius 1 is 0.852 bits per heavy atom. The second-order valence-corrected chi connectivity index (χ2v) is 6.57. The summed E-state index contributed by atoms with van der Waals surface area (Å²) in [5, 5.41) is 3.28. The molecular formula is C21H23N5O. The van der Waals surface area contributed by atoms with E-state index < -0.39 is 0 Å². The highest BCUT2D eigenvalue weighted by Crippen LogP contribution is 2.31. The monoisotopic (exact) mass is 361 g/mol. The van der Waals surface area contributed by atoms with Crippen LogP contribution in [0.25, 0.3) is 0 Å². The molecule has 1 saturated heterocycles. The maximum absolute atomic E-state index is 6.34. The number of nitrogens with two attached hydrogens (primary N) is 1. The molecule has 1 aromatic heterocycles. The lowest BCUT2D eigenvalue weighted by molar-refractivity contribution is 0.483. The first-order valence-corrected chi connectivity index (χ1v) is 9.25. The molecule has 1 aliphatic rings. The van der Waals surface area contributed by atoms with Crippen LogP contribution >= 0.6 is 0 Å². The molecule has 6 heteroatoms. The molecule has 6 nitrogen and oxygen atoms in total. The van der Waals surface area contributed by atoms with Gasteiger partial charge in [-0.05, 0) is 55.7 Å². The lowest BCUT2D eigenvalue weighted by Gasteiger charge is -2.28. The summed E-state index contributed by atoms with van der Waals surface area (Å²) in [5.74, 6) is 3.03. The number of aromatic nitrogens is 2. The number of rotatable bonds is 5. The Hall–Kier alpha value is -3.28. The minimum Gasteiger partial charge on any atom is -0.457 e. The van der Waals surface area contributed by atoms with Gasteiger partial charge in [0.25, 0.3) is 0 Å². The summed E-state index contributed by atoms with van der Waals surface area (Å²) in [6.45, 7) is 1.98. The first kappa shape index (κ1) is 17.1. The first-order valence-electron chi connectivity index (χ1n) is 9.25. The van der Waals surface area contributed by atoms with Crippen LogP contribution in [-0.4, -0.2) is 23.1 Å². The van der Waals surface area contributed by atoms with Crippen molar-refractivity contribution in [2.75, 3.05) is 29.0 Å². The molecule has 0 aliphatic carbocycles. The fourth-order valence-electron chi connectivity index (χ4n) is 3.21. The number of hydrogen-bond acceptors (Lipinski definition) is 6. The molecule has 0 atom stereocenters. The molecule has 0 radical (unpaired) electrons. The summed E-state index contributed by atoms with van der Waals surface area (Å²) >= 11 is 0. The topological polar surface area (TPSA) is 76.3 Å². The smallest absolute Gasteiger partial charge is 0.159 e. The van der Waals surface area contributed by atoms with Gasteiger partial charge in [-0.25, -0.2) is 9.97 Å². The van der Waals surface area contributed by atoms with Gasteiger partial charge in [0.2, 0.25) is 0 Å². The second kappa shape index (κ2) is 7.95. The molecule has 2 aromatic carbocycles. The Balaban J connectivity index is 1.47. The van der Waals surface area contributed by atoms with Crippen LogP contribution in [0, 0.1) is 0 Å². The van der Waals surface area contributed by atoms with Crippen LogP contribution in [-0.2, 0) is 0 Å². The van der Waals surface area contributed by atoms with Crippen molar-refractivity contribution in [1.29, 1.82) is 0 Å². The highest BCUT2D eigenvalue weighted by molar-refractivity contribution is 5.78. The Labute approximate surface area is 159 Å².